The minimum atomic E-state index is -4.73. The molecule has 0 spiro atoms. The van der Waals surface area contributed by atoms with Crippen molar-refractivity contribution in [2.45, 2.75) is 141 Å². The van der Waals surface area contributed by atoms with Gasteiger partial charge in [-0.3, -0.25) is 33.3 Å². The number of imidazole rings is 1. The molecule has 1 aromatic heterocycles. The maximum Gasteiger partial charge on any atom is 0.325 e. The highest BCUT2D eigenvalue weighted by Crippen LogP contribution is 2.39. The Hall–Kier alpha value is -5.42. The van der Waals surface area contributed by atoms with E-state index in [9.17, 15) is 48.2 Å². The van der Waals surface area contributed by atoms with Crippen molar-refractivity contribution in [3.05, 3.63) is 90.0 Å². The van der Waals surface area contributed by atoms with E-state index in [2.05, 4.69) is 38.4 Å². The number of aliphatic hydroxyl groups is 1. The zero-order valence-corrected chi connectivity index (χ0v) is 40.0. The lowest BCUT2D eigenvalue weighted by molar-refractivity contribution is -0.138. The normalized spacial score (nSPS) is 16.1. The van der Waals surface area contributed by atoms with Gasteiger partial charge in [0.25, 0.3) is 0 Å². The van der Waals surface area contributed by atoms with E-state index < -0.39 is 86.0 Å². The van der Waals surface area contributed by atoms with Gasteiger partial charge in [0, 0.05) is 38.3 Å². The number of nitrogens with zero attached hydrogens (tertiary/aromatic N) is 3. The summed E-state index contributed by atoms with van der Waals surface area (Å²) in [6.45, 7) is 5.16. The number of rotatable bonds is 29. The molecule has 0 saturated carbocycles. The average molecular weight is 951 g/mol. The highest BCUT2D eigenvalue weighted by Gasteiger charge is 2.38. The van der Waals surface area contributed by atoms with Crippen LogP contribution in [0.3, 0.4) is 0 Å². The first-order valence-corrected chi connectivity index (χ1v) is 25.3. The van der Waals surface area contributed by atoms with E-state index in [0.29, 0.717) is 38.0 Å². The van der Waals surface area contributed by atoms with Crippen LogP contribution in [0, 0.1) is 11.8 Å². The summed E-state index contributed by atoms with van der Waals surface area (Å²) in [5.74, 6) is -5.66. The van der Waals surface area contributed by atoms with Crippen LogP contribution in [0.2, 0.25) is 0 Å². The summed E-state index contributed by atoms with van der Waals surface area (Å²) >= 11 is 0. The number of benzene rings is 2. The molecule has 6 amide bonds. The van der Waals surface area contributed by atoms with Gasteiger partial charge in [-0.15, -0.1) is 0 Å². The van der Waals surface area contributed by atoms with Gasteiger partial charge in [-0.05, 0) is 74.3 Å². The van der Waals surface area contributed by atoms with Crippen molar-refractivity contribution in [2.24, 2.45) is 17.6 Å². The number of nitrogens with one attached hydrogen (secondary N) is 4. The van der Waals surface area contributed by atoms with Crippen molar-refractivity contribution < 1.29 is 48.2 Å². The van der Waals surface area contributed by atoms with Crippen molar-refractivity contribution in [2.75, 3.05) is 19.3 Å². The number of carbonyl (C=O) groups is 6. The molecule has 1 saturated heterocycles. The fraction of sp³-hybridized carbons (Fsp3) is 0.562. The van der Waals surface area contributed by atoms with Crippen LogP contribution in [0.1, 0.15) is 102 Å². The maximum atomic E-state index is 14.3. The van der Waals surface area contributed by atoms with Gasteiger partial charge >= 0.3 is 7.60 Å². The van der Waals surface area contributed by atoms with Crippen LogP contribution in [-0.4, -0.2) is 114 Å². The summed E-state index contributed by atoms with van der Waals surface area (Å²) < 4.78 is 14.1. The Morgan fingerprint density at radius 3 is 1.97 bits per heavy atom. The molecule has 1 aliphatic rings. The first-order valence-electron chi connectivity index (χ1n) is 23.5. The fourth-order valence-electron chi connectivity index (χ4n) is 8.57. The summed E-state index contributed by atoms with van der Waals surface area (Å²) in [4.78, 5) is 106. The highest BCUT2D eigenvalue weighted by atomic mass is 31.2. The summed E-state index contributed by atoms with van der Waals surface area (Å²) in [6.07, 6.45) is 11.1. The minimum absolute atomic E-state index is 0.0529. The van der Waals surface area contributed by atoms with Gasteiger partial charge < -0.3 is 51.4 Å². The van der Waals surface area contributed by atoms with Crippen LogP contribution in [0.15, 0.2) is 73.2 Å². The van der Waals surface area contributed by atoms with Gasteiger partial charge in [-0.2, -0.15) is 0 Å². The third kappa shape index (κ3) is 18.6. The molecular formula is C48H71N8O10P. The van der Waals surface area contributed by atoms with Crippen LogP contribution < -0.4 is 27.0 Å². The average Bonchev–Trinajstić information content (AvgIpc) is 3.97. The number of unbranched alkanes of at least 4 members (excludes halogenated alkanes) is 5. The standard InChI is InChI=1S/C48H71N8O10P/c1-33(2)27-39(52-48(63)42-22-16-26-56(42)34(3)58)45(60)51-40(28-38-29-50-32-55(38)25-15-7-5-4-6-10-17-35-18-11-8-12-19-35)46(61)53-41(30-57)47(62)54-43(44(49)59)37(31-67(64,65)66)24-23-36-20-13-9-14-21-36/h8-9,11-14,18-21,29,32-33,37,39-43,57H,4-7,10,15-17,22-28,30-31H2,1-3H3,(H2,49,59)(H,51,60)(H,52,63)(H,53,61)(H,54,62)(H2,64,65,66)/t37-,39+,40+,41+,42+,43-/m1/s1. The highest BCUT2D eigenvalue weighted by molar-refractivity contribution is 7.51. The Morgan fingerprint density at radius 2 is 1.37 bits per heavy atom. The minimum Gasteiger partial charge on any atom is -0.394 e. The van der Waals surface area contributed by atoms with Gasteiger partial charge in [0.2, 0.25) is 35.4 Å². The van der Waals surface area contributed by atoms with Crippen molar-refractivity contribution in [3.63, 3.8) is 0 Å². The van der Waals surface area contributed by atoms with Crippen LogP contribution in [0.4, 0.5) is 0 Å². The van der Waals surface area contributed by atoms with Gasteiger partial charge in [-0.1, -0.05) is 100 Å². The van der Waals surface area contributed by atoms with Crippen molar-refractivity contribution in [1.82, 2.24) is 35.7 Å². The molecule has 6 atom stereocenters. The Kier molecular flexibility index (Phi) is 22.2. The van der Waals surface area contributed by atoms with Gasteiger partial charge in [0.15, 0.2) is 0 Å². The monoisotopic (exact) mass is 951 g/mol. The maximum absolute atomic E-state index is 14.3. The number of nitrogens with two attached hydrogens (primary N) is 1. The number of primary amides is 1. The largest absolute Gasteiger partial charge is 0.394 e. The van der Waals surface area contributed by atoms with Crippen LogP contribution >= 0.6 is 7.60 Å². The molecule has 4 rings (SSSR count). The number of hydrogen-bond donors (Lipinski definition) is 8. The van der Waals surface area contributed by atoms with Crippen LogP contribution in [0.5, 0.6) is 0 Å². The van der Waals surface area contributed by atoms with E-state index in [1.165, 1.54) is 17.4 Å². The number of aliphatic hydroxyl groups excluding tert-OH is 1. The van der Waals surface area contributed by atoms with Crippen molar-refractivity contribution in [1.29, 1.82) is 0 Å². The summed E-state index contributed by atoms with van der Waals surface area (Å²) in [5, 5.41) is 20.9. The quantitative estimate of drug-likeness (QED) is 0.0370. The Morgan fingerprint density at radius 1 is 0.791 bits per heavy atom. The lowest BCUT2D eigenvalue weighted by atomic mass is 9.93. The summed E-state index contributed by atoms with van der Waals surface area (Å²) in [6, 6.07) is 12.9. The predicted octanol–water partition coefficient (Wildman–Crippen LogP) is 2.91. The molecule has 368 valence electrons. The number of carbonyl (C=O) groups excluding carboxylic acids is 6. The van der Waals surface area contributed by atoms with E-state index in [1.807, 2.05) is 36.6 Å². The molecule has 0 unspecified atom stereocenters. The summed E-state index contributed by atoms with van der Waals surface area (Å²) in [7, 11) is -4.73. The van der Waals surface area contributed by atoms with Crippen molar-refractivity contribution >= 4 is 43.0 Å². The molecule has 9 N–H and O–H groups in total. The Bertz CT molecular complexity index is 2100. The molecule has 19 heteroatoms. The Labute approximate surface area is 393 Å². The zero-order chi connectivity index (χ0) is 48.9. The Balaban J connectivity index is 1.50. The SMILES string of the molecule is CC(=O)N1CCC[C@H]1C(=O)N[C@@H](CC(C)C)C(=O)N[C@@H](Cc1cncn1CCCCCCCCc1ccccc1)C(=O)N[C@@H](CO)C(=O)N[C@@H](C(N)=O)[C@H](CCc1ccccc1)CP(=O)(O)O. The molecule has 18 nitrogen and oxygen atoms in total. The fourth-order valence-corrected chi connectivity index (χ4v) is 9.57. The number of amides is 6. The number of aromatic nitrogens is 2. The number of likely N-dealkylation sites (tertiary alicyclic amines) is 1. The van der Waals surface area contributed by atoms with Gasteiger partial charge in [-0.25, -0.2) is 4.98 Å². The third-order valence-electron chi connectivity index (χ3n) is 12.1. The van der Waals surface area contributed by atoms with E-state index >= 15 is 0 Å². The first-order chi connectivity index (χ1) is 31.9. The lowest BCUT2D eigenvalue weighted by Crippen LogP contribution is -2.60. The molecule has 0 aliphatic carbocycles. The lowest BCUT2D eigenvalue weighted by Gasteiger charge is -2.29. The molecule has 2 aromatic carbocycles. The molecule has 0 bridgehead atoms. The second kappa shape index (κ2) is 27.4. The molecule has 67 heavy (non-hydrogen) atoms. The molecular weight excluding hydrogens is 880 g/mol. The van der Waals surface area contributed by atoms with Crippen LogP contribution in [0.25, 0.3) is 0 Å². The first kappa shape index (κ1) is 54.2. The van der Waals surface area contributed by atoms with E-state index in [1.54, 1.807) is 42.9 Å². The van der Waals surface area contributed by atoms with Gasteiger partial charge in [0.1, 0.15) is 30.2 Å². The second-order valence-corrected chi connectivity index (χ2v) is 19.7. The molecule has 0 radical (unpaired) electrons. The number of aryl methyl sites for hydroxylation is 3. The number of hydrogen-bond acceptors (Lipinski definition) is 9. The molecule has 1 fully saturated rings. The van der Waals surface area contributed by atoms with E-state index in [4.69, 9.17) is 5.73 Å². The third-order valence-corrected chi connectivity index (χ3v) is 13.1. The smallest absolute Gasteiger partial charge is 0.325 e. The molecule has 2 heterocycles. The second-order valence-electron chi connectivity index (χ2n) is 18.0. The molecule has 1 aliphatic heterocycles. The summed E-state index contributed by atoms with van der Waals surface area (Å²) in [5.41, 5.74) is 8.44. The van der Waals surface area contributed by atoms with Crippen molar-refractivity contribution in [3.8, 4) is 0 Å². The molecule has 3 aromatic rings. The van der Waals surface area contributed by atoms with Crippen LogP contribution in [-0.2, 0) is 59.1 Å². The van der Waals surface area contributed by atoms with E-state index in [0.717, 1.165) is 50.5 Å². The van der Waals surface area contributed by atoms with Gasteiger partial charge in [0.05, 0.1) is 19.1 Å². The van der Waals surface area contributed by atoms with E-state index in [-0.39, 0.29) is 31.1 Å². The predicted molar refractivity (Wildman–Crippen MR) is 253 cm³/mol. The zero-order valence-electron chi connectivity index (χ0n) is 39.1. The topological polar surface area (TPSA) is 275 Å².